The number of aliphatic hydroxyl groups excluding tert-OH is 1. The van der Waals surface area contributed by atoms with E-state index in [1.807, 2.05) is 33.3 Å². The summed E-state index contributed by atoms with van der Waals surface area (Å²) < 4.78 is 5.87. The van der Waals surface area contributed by atoms with E-state index in [0.717, 1.165) is 25.7 Å². The van der Waals surface area contributed by atoms with Gasteiger partial charge in [-0.25, -0.2) is 0 Å². The summed E-state index contributed by atoms with van der Waals surface area (Å²) in [6, 6.07) is 0. The maximum Gasteiger partial charge on any atom is 0.307 e. The Morgan fingerprint density at radius 3 is 2.36 bits per heavy atom. The highest BCUT2D eigenvalue weighted by molar-refractivity contribution is 5.71. The highest BCUT2D eigenvalue weighted by Gasteiger charge is 2.24. The second-order valence-corrected chi connectivity index (χ2v) is 7.55. The lowest BCUT2D eigenvalue weighted by Gasteiger charge is -2.28. The van der Waals surface area contributed by atoms with E-state index in [0.29, 0.717) is 30.3 Å². The van der Waals surface area contributed by atoms with Crippen molar-refractivity contribution in [2.75, 3.05) is 27.7 Å². The number of aliphatic carboxylic acids is 1. The molecule has 0 heterocycles. The normalized spacial score (nSPS) is 14.4. The van der Waals surface area contributed by atoms with Crippen LogP contribution < -0.4 is 0 Å². The maximum absolute atomic E-state index is 11.9. The molecule has 0 aromatic heterocycles. The van der Waals surface area contributed by atoms with Gasteiger partial charge in [-0.15, -0.1) is 0 Å². The molecule has 2 atom stereocenters. The molecule has 0 saturated heterocycles. The molecule has 146 valence electrons. The van der Waals surface area contributed by atoms with Crippen LogP contribution in [0.25, 0.3) is 0 Å². The number of rotatable bonds is 14. The van der Waals surface area contributed by atoms with Crippen LogP contribution in [0.15, 0.2) is 12.2 Å². The third-order valence-corrected chi connectivity index (χ3v) is 3.68. The van der Waals surface area contributed by atoms with E-state index in [2.05, 4.69) is 6.92 Å². The predicted molar refractivity (Wildman–Crippen MR) is 98.2 cm³/mol. The minimum absolute atomic E-state index is 0.168. The minimum Gasteiger partial charge on any atom is -0.481 e. The van der Waals surface area contributed by atoms with E-state index in [1.54, 1.807) is 0 Å². The van der Waals surface area contributed by atoms with E-state index >= 15 is 0 Å². The van der Waals surface area contributed by atoms with Crippen molar-refractivity contribution < 1.29 is 29.0 Å². The van der Waals surface area contributed by atoms with Crippen LogP contribution in [0.2, 0.25) is 0 Å². The summed E-state index contributed by atoms with van der Waals surface area (Å²) in [7, 11) is 5.80. The number of ether oxygens (including phenoxy) is 1. The first-order chi connectivity index (χ1) is 11.6. The van der Waals surface area contributed by atoms with E-state index in [9.17, 15) is 14.7 Å². The van der Waals surface area contributed by atoms with Gasteiger partial charge in [0.15, 0.2) is 6.10 Å². The van der Waals surface area contributed by atoms with Crippen molar-refractivity contribution >= 4 is 11.9 Å². The summed E-state index contributed by atoms with van der Waals surface area (Å²) in [4.78, 5) is 22.8. The van der Waals surface area contributed by atoms with Gasteiger partial charge in [-0.1, -0.05) is 31.9 Å². The highest BCUT2D eigenvalue weighted by Crippen LogP contribution is 2.11. The topological polar surface area (TPSA) is 83.8 Å². The monoisotopic (exact) mass is 358 g/mol. The second-order valence-electron chi connectivity index (χ2n) is 7.55. The van der Waals surface area contributed by atoms with Crippen LogP contribution >= 0.6 is 0 Å². The summed E-state index contributed by atoms with van der Waals surface area (Å²) >= 11 is 0. The molecule has 0 aliphatic carbocycles. The molecule has 6 nitrogen and oxygen atoms in total. The summed E-state index contributed by atoms with van der Waals surface area (Å²) in [6.07, 6.45) is 8.04. The second kappa shape index (κ2) is 12.9. The van der Waals surface area contributed by atoms with Crippen molar-refractivity contribution in [1.29, 1.82) is 0 Å². The van der Waals surface area contributed by atoms with Crippen molar-refractivity contribution in [3.05, 3.63) is 12.2 Å². The van der Waals surface area contributed by atoms with Gasteiger partial charge in [0.2, 0.25) is 0 Å². The fourth-order valence-corrected chi connectivity index (χ4v) is 2.56. The molecule has 0 spiro atoms. The maximum atomic E-state index is 11.9. The molecule has 2 unspecified atom stereocenters. The number of carbonyl (C=O) groups is 2. The molecule has 0 rings (SSSR count). The van der Waals surface area contributed by atoms with Gasteiger partial charge in [0.25, 0.3) is 0 Å². The van der Waals surface area contributed by atoms with Crippen molar-refractivity contribution in [2.24, 2.45) is 0 Å². The molecule has 2 N–H and O–H groups in total. The standard InChI is InChI=1S/C19H35NO5/c1-5-6-8-11-16(21)12-9-7-10-13-19(24)25-17(14-18(22)23)15-20(2,3)4/h6,8,16-17,21H,5,7,9-15H2,1-4H3/p+1/b8-6+. The number of hydrogen-bond acceptors (Lipinski definition) is 4. The number of unbranched alkanes of at least 4 members (excludes halogenated alkanes) is 2. The van der Waals surface area contributed by atoms with Crippen LogP contribution in [0.3, 0.4) is 0 Å². The number of allylic oxidation sites excluding steroid dienone is 1. The zero-order valence-electron chi connectivity index (χ0n) is 16.2. The lowest BCUT2D eigenvalue weighted by Crippen LogP contribution is -2.43. The van der Waals surface area contributed by atoms with Crippen LogP contribution in [0, 0.1) is 0 Å². The Bertz CT molecular complexity index is 415. The number of hydrogen-bond donors (Lipinski definition) is 2. The lowest BCUT2D eigenvalue weighted by atomic mass is 10.1. The zero-order chi connectivity index (χ0) is 19.3. The Labute approximate surface area is 152 Å². The number of nitrogens with zero attached hydrogens (tertiary/aromatic N) is 1. The molecule has 0 bridgehead atoms. The number of esters is 1. The fourth-order valence-electron chi connectivity index (χ4n) is 2.56. The van der Waals surface area contributed by atoms with Gasteiger partial charge in [-0.2, -0.15) is 0 Å². The van der Waals surface area contributed by atoms with Crippen LogP contribution in [0.5, 0.6) is 0 Å². The zero-order valence-corrected chi connectivity index (χ0v) is 16.2. The summed E-state index contributed by atoms with van der Waals surface area (Å²) in [5.74, 6) is -1.30. The molecule has 0 aliphatic heterocycles. The van der Waals surface area contributed by atoms with Crippen molar-refractivity contribution in [3.8, 4) is 0 Å². The van der Waals surface area contributed by atoms with Crippen molar-refractivity contribution in [2.45, 2.75) is 70.5 Å². The summed E-state index contributed by atoms with van der Waals surface area (Å²) in [5, 5.41) is 18.7. The molecule has 0 aliphatic rings. The average molecular weight is 358 g/mol. The van der Waals surface area contributed by atoms with E-state index in [1.165, 1.54) is 0 Å². The Hall–Kier alpha value is -1.40. The van der Waals surface area contributed by atoms with Gasteiger partial charge in [0, 0.05) is 6.42 Å². The largest absolute Gasteiger partial charge is 0.481 e. The van der Waals surface area contributed by atoms with Crippen LogP contribution in [-0.2, 0) is 14.3 Å². The Kier molecular flexibility index (Phi) is 12.2. The molecule has 25 heavy (non-hydrogen) atoms. The van der Waals surface area contributed by atoms with E-state index in [4.69, 9.17) is 9.84 Å². The third kappa shape index (κ3) is 15.8. The molecule has 0 amide bonds. The number of carbonyl (C=O) groups excluding carboxylic acids is 1. The summed E-state index contributed by atoms with van der Waals surface area (Å²) in [6.45, 7) is 2.53. The van der Waals surface area contributed by atoms with Gasteiger partial charge >= 0.3 is 11.9 Å². The van der Waals surface area contributed by atoms with Gasteiger partial charge < -0.3 is 19.4 Å². The Balaban J connectivity index is 3.99. The van der Waals surface area contributed by atoms with Crippen LogP contribution in [0.1, 0.15) is 58.3 Å². The SMILES string of the molecule is CC/C=C/CC(O)CCCCCC(=O)OC(CC(=O)O)C[N+](C)(C)C. The molecule has 6 heteroatoms. The average Bonchev–Trinajstić information content (AvgIpc) is 2.44. The van der Waals surface area contributed by atoms with Gasteiger partial charge in [0.05, 0.1) is 33.7 Å². The Morgan fingerprint density at radius 1 is 1.12 bits per heavy atom. The lowest BCUT2D eigenvalue weighted by molar-refractivity contribution is -0.873. The smallest absolute Gasteiger partial charge is 0.307 e. The number of quaternary nitrogens is 1. The van der Waals surface area contributed by atoms with Crippen molar-refractivity contribution in [1.82, 2.24) is 0 Å². The molecule has 0 aromatic carbocycles. The first-order valence-electron chi connectivity index (χ1n) is 9.18. The van der Waals surface area contributed by atoms with Crippen molar-refractivity contribution in [3.63, 3.8) is 0 Å². The molecular weight excluding hydrogens is 322 g/mol. The van der Waals surface area contributed by atoms with Gasteiger partial charge in [0.1, 0.15) is 6.54 Å². The first kappa shape index (κ1) is 23.6. The quantitative estimate of drug-likeness (QED) is 0.216. The minimum atomic E-state index is -0.961. The van der Waals surface area contributed by atoms with Crippen LogP contribution in [0.4, 0.5) is 0 Å². The van der Waals surface area contributed by atoms with Crippen LogP contribution in [-0.4, -0.2) is 66.5 Å². The number of carboxylic acids is 1. The molecule has 0 saturated carbocycles. The Morgan fingerprint density at radius 2 is 1.80 bits per heavy atom. The predicted octanol–water partition coefficient (Wildman–Crippen LogP) is 2.75. The highest BCUT2D eigenvalue weighted by atomic mass is 16.5. The first-order valence-corrected chi connectivity index (χ1v) is 9.18. The van der Waals surface area contributed by atoms with Gasteiger partial charge in [-0.3, -0.25) is 9.59 Å². The molecule has 0 radical (unpaired) electrons. The van der Waals surface area contributed by atoms with E-state index < -0.39 is 12.1 Å². The third-order valence-electron chi connectivity index (χ3n) is 3.68. The number of likely N-dealkylation sites (N-methyl/N-ethyl adjacent to an activating group) is 1. The molecular formula is C19H36NO5+. The fraction of sp³-hybridized carbons (Fsp3) is 0.789. The number of aliphatic hydroxyl groups is 1. The number of carboxylic acid groups (broad SMARTS) is 1. The summed E-state index contributed by atoms with van der Waals surface area (Å²) in [5.41, 5.74) is 0. The molecule has 0 fully saturated rings. The molecule has 0 aromatic rings. The van der Waals surface area contributed by atoms with Gasteiger partial charge in [-0.05, 0) is 25.7 Å². The van der Waals surface area contributed by atoms with E-state index in [-0.39, 0.29) is 18.5 Å².